The van der Waals surface area contributed by atoms with Gasteiger partial charge < -0.3 is 10.4 Å². The third-order valence-electron chi connectivity index (χ3n) is 4.47. The second-order valence-electron chi connectivity index (χ2n) is 6.12. The maximum absolute atomic E-state index is 9.49. The van der Waals surface area contributed by atoms with Crippen molar-refractivity contribution in [3.8, 4) is 0 Å². The minimum Gasteiger partial charge on any atom is -0.395 e. The van der Waals surface area contributed by atoms with Crippen molar-refractivity contribution in [3.05, 3.63) is 53.5 Å². The largest absolute Gasteiger partial charge is 0.395 e. The van der Waals surface area contributed by atoms with Crippen molar-refractivity contribution in [1.82, 2.24) is 14.9 Å². The van der Waals surface area contributed by atoms with E-state index in [0.29, 0.717) is 6.04 Å². The molecule has 1 unspecified atom stereocenters. The molecule has 2 N–H and O–H groups in total. The fourth-order valence-corrected chi connectivity index (χ4v) is 3.15. The Bertz CT molecular complexity index is 646. The molecular formula is C18H24N4O. The van der Waals surface area contributed by atoms with Crippen LogP contribution in [-0.4, -0.2) is 39.2 Å². The van der Waals surface area contributed by atoms with Crippen LogP contribution in [0.5, 0.6) is 0 Å². The predicted molar refractivity (Wildman–Crippen MR) is 91.1 cm³/mol. The predicted octanol–water partition coefficient (Wildman–Crippen LogP) is 2.35. The quantitative estimate of drug-likeness (QED) is 0.857. The molecule has 2 aromatic rings. The third kappa shape index (κ3) is 4.06. The number of nitrogens with one attached hydrogen (secondary N) is 1. The molecule has 1 aromatic heterocycles. The number of benzene rings is 1. The van der Waals surface area contributed by atoms with E-state index in [1.54, 1.807) is 6.33 Å². The zero-order valence-electron chi connectivity index (χ0n) is 13.6. The van der Waals surface area contributed by atoms with Crippen molar-refractivity contribution in [2.24, 2.45) is 0 Å². The van der Waals surface area contributed by atoms with Gasteiger partial charge in [-0.25, -0.2) is 9.97 Å². The Morgan fingerprint density at radius 3 is 2.87 bits per heavy atom. The summed E-state index contributed by atoms with van der Waals surface area (Å²) in [5.74, 6) is 0.849. The van der Waals surface area contributed by atoms with Crippen LogP contribution in [0.3, 0.4) is 0 Å². The second kappa shape index (κ2) is 7.53. The van der Waals surface area contributed by atoms with Gasteiger partial charge in [0.1, 0.15) is 12.1 Å². The Kier molecular flexibility index (Phi) is 5.20. The summed E-state index contributed by atoms with van der Waals surface area (Å²) in [6, 6.07) is 10.7. The van der Waals surface area contributed by atoms with Gasteiger partial charge >= 0.3 is 0 Å². The highest BCUT2D eigenvalue weighted by molar-refractivity contribution is 5.37. The van der Waals surface area contributed by atoms with Gasteiger partial charge in [0.05, 0.1) is 6.61 Å². The van der Waals surface area contributed by atoms with Gasteiger partial charge in [-0.15, -0.1) is 0 Å². The number of nitrogens with zero attached hydrogens (tertiary/aromatic N) is 3. The van der Waals surface area contributed by atoms with E-state index >= 15 is 0 Å². The normalized spacial score (nSPS) is 18.3. The highest BCUT2D eigenvalue weighted by Gasteiger charge is 2.24. The maximum atomic E-state index is 9.49. The number of anilines is 1. The van der Waals surface area contributed by atoms with Crippen LogP contribution < -0.4 is 5.32 Å². The number of rotatable bonds is 6. The monoisotopic (exact) mass is 312 g/mol. The van der Waals surface area contributed by atoms with Crippen molar-refractivity contribution in [3.63, 3.8) is 0 Å². The minimum atomic E-state index is 0.251. The van der Waals surface area contributed by atoms with E-state index in [0.717, 1.165) is 37.6 Å². The molecule has 0 bridgehead atoms. The molecule has 0 amide bonds. The summed E-state index contributed by atoms with van der Waals surface area (Å²) in [7, 11) is 0. The van der Waals surface area contributed by atoms with Crippen molar-refractivity contribution < 1.29 is 5.11 Å². The van der Waals surface area contributed by atoms with Crippen LogP contribution in [0.1, 0.15) is 29.7 Å². The lowest BCUT2D eigenvalue weighted by Crippen LogP contribution is -2.32. The summed E-state index contributed by atoms with van der Waals surface area (Å²) >= 11 is 0. The number of hydrogen-bond donors (Lipinski definition) is 2. The second-order valence-corrected chi connectivity index (χ2v) is 6.12. The molecule has 2 heterocycles. The lowest BCUT2D eigenvalue weighted by atomic mass is 10.1. The van der Waals surface area contributed by atoms with Gasteiger partial charge in [0.2, 0.25) is 0 Å². The number of hydrogen-bond acceptors (Lipinski definition) is 5. The zero-order valence-corrected chi connectivity index (χ0v) is 13.6. The molecule has 0 aliphatic carbocycles. The lowest BCUT2D eigenvalue weighted by Gasteiger charge is -2.24. The Morgan fingerprint density at radius 1 is 1.26 bits per heavy atom. The van der Waals surface area contributed by atoms with E-state index in [1.165, 1.54) is 17.5 Å². The van der Waals surface area contributed by atoms with Crippen LogP contribution in [0.2, 0.25) is 0 Å². The maximum Gasteiger partial charge on any atom is 0.129 e. The molecule has 1 aromatic carbocycles. The highest BCUT2D eigenvalue weighted by Crippen LogP contribution is 2.21. The average Bonchev–Trinajstić information content (AvgIpc) is 3.01. The van der Waals surface area contributed by atoms with E-state index in [-0.39, 0.29) is 6.61 Å². The summed E-state index contributed by atoms with van der Waals surface area (Å²) in [5.41, 5.74) is 3.54. The number of aliphatic hydroxyl groups excluding tert-OH is 1. The molecule has 3 rings (SSSR count). The molecule has 5 nitrogen and oxygen atoms in total. The van der Waals surface area contributed by atoms with Crippen molar-refractivity contribution >= 4 is 5.82 Å². The van der Waals surface area contributed by atoms with Crippen molar-refractivity contribution in [2.75, 3.05) is 18.5 Å². The van der Waals surface area contributed by atoms with Crippen LogP contribution in [0.4, 0.5) is 5.82 Å². The summed E-state index contributed by atoms with van der Waals surface area (Å²) in [6.07, 6.45) is 3.85. The molecule has 23 heavy (non-hydrogen) atoms. The number of aryl methyl sites for hydroxylation is 1. The van der Waals surface area contributed by atoms with Gasteiger partial charge in [0, 0.05) is 30.9 Å². The third-order valence-corrected chi connectivity index (χ3v) is 4.47. The van der Waals surface area contributed by atoms with E-state index in [9.17, 15) is 5.11 Å². The van der Waals surface area contributed by atoms with E-state index in [1.807, 2.05) is 13.0 Å². The Hall–Kier alpha value is -1.98. The first-order chi connectivity index (χ1) is 11.3. The fraction of sp³-hybridized carbons (Fsp3) is 0.444. The Balaban J connectivity index is 1.68. The molecule has 0 saturated carbocycles. The summed E-state index contributed by atoms with van der Waals surface area (Å²) in [4.78, 5) is 10.7. The molecule has 122 valence electrons. The molecule has 0 radical (unpaired) electrons. The number of likely N-dealkylation sites (tertiary alicyclic amines) is 1. The van der Waals surface area contributed by atoms with Gasteiger partial charge in [-0.2, -0.15) is 0 Å². The van der Waals surface area contributed by atoms with E-state index in [2.05, 4.69) is 44.5 Å². The summed E-state index contributed by atoms with van der Waals surface area (Å²) < 4.78 is 0. The average molecular weight is 312 g/mol. The van der Waals surface area contributed by atoms with Gasteiger partial charge in [-0.05, 0) is 37.4 Å². The number of aromatic nitrogens is 2. The van der Waals surface area contributed by atoms with E-state index < -0.39 is 0 Å². The van der Waals surface area contributed by atoms with Crippen LogP contribution in [0, 0.1) is 6.92 Å². The van der Waals surface area contributed by atoms with Crippen molar-refractivity contribution in [2.45, 2.75) is 38.9 Å². The van der Waals surface area contributed by atoms with Gasteiger partial charge in [0.15, 0.2) is 0 Å². The molecule has 5 heteroatoms. The highest BCUT2D eigenvalue weighted by atomic mass is 16.3. The van der Waals surface area contributed by atoms with Gasteiger partial charge in [-0.1, -0.05) is 24.3 Å². The Labute approximate surface area is 137 Å². The topological polar surface area (TPSA) is 61.3 Å². The van der Waals surface area contributed by atoms with Gasteiger partial charge in [0.25, 0.3) is 0 Å². The smallest absolute Gasteiger partial charge is 0.129 e. The first-order valence-electron chi connectivity index (χ1n) is 8.20. The van der Waals surface area contributed by atoms with Crippen molar-refractivity contribution in [1.29, 1.82) is 0 Å². The Morgan fingerprint density at radius 2 is 2.09 bits per heavy atom. The SMILES string of the molecule is Cc1cc(NCc2ccccc2CN2CCCC2CO)ncn1. The van der Waals surface area contributed by atoms with Gasteiger partial charge in [-0.3, -0.25) is 4.90 Å². The molecular weight excluding hydrogens is 288 g/mol. The van der Waals surface area contributed by atoms with Crippen LogP contribution in [0.25, 0.3) is 0 Å². The zero-order chi connectivity index (χ0) is 16.1. The first kappa shape index (κ1) is 15.9. The molecule has 1 aliphatic rings. The lowest BCUT2D eigenvalue weighted by molar-refractivity contribution is 0.153. The molecule has 1 aliphatic heterocycles. The summed E-state index contributed by atoms with van der Waals surface area (Å²) in [6.45, 7) is 4.91. The number of aliphatic hydroxyl groups is 1. The van der Waals surface area contributed by atoms with E-state index in [4.69, 9.17) is 0 Å². The summed E-state index contributed by atoms with van der Waals surface area (Å²) in [5, 5.41) is 12.9. The molecule has 1 saturated heterocycles. The molecule has 1 fully saturated rings. The fourth-order valence-electron chi connectivity index (χ4n) is 3.15. The molecule has 1 atom stereocenters. The van der Waals surface area contributed by atoms with Crippen LogP contribution in [-0.2, 0) is 13.1 Å². The minimum absolute atomic E-state index is 0.251. The standard InChI is InChI=1S/C18H24N4O/c1-14-9-18(21-13-20-14)19-10-15-5-2-3-6-16(15)11-22-8-4-7-17(22)12-23/h2-3,5-6,9,13,17,23H,4,7-8,10-12H2,1H3,(H,19,20,21). The van der Waals surface area contributed by atoms with Crippen LogP contribution >= 0.6 is 0 Å². The van der Waals surface area contributed by atoms with Crippen LogP contribution in [0.15, 0.2) is 36.7 Å². The first-order valence-corrected chi connectivity index (χ1v) is 8.20. The molecule has 0 spiro atoms.